The number of carbonyl (C=O) groups excluding carboxylic acids is 1. The van der Waals surface area contributed by atoms with Crippen LogP contribution >= 0.6 is 39.0 Å². The number of aromatic amines is 1. The Morgan fingerprint density at radius 3 is 3.05 bits per heavy atom. The lowest BCUT2D eigenvalue weighted by Crippen LogP contribution is -2.17. The topological polar surface area (TPSA) is 67.8 Å². The molecule has 0 saturated heterocycles. The molecule has 102 valence electrons. The van der Waals surface area contributed by atoms with E-state index in [4.69, 9.17) is 0 Å². The van der Waals surface area contributed by atoms with Gasteiger partial charge in [-0.1, -0.05) is 18.7 Å². The maximum atomic E-state index is 12.0. The van der Waals surface area contributed by atoms with Gasteiger partial charge < -0.3 is 0 Å². The number of H-pyrrole nitrogens is 1. The fourth-order valence-electron chi connectivity index (χ4n) is 1.52. The van der Waals surface area contributed by atoms with E-state index in [9.17, 15) is 9.59 Å². The van der Waals surface area contributed by atoms with Gasteiger partial charge in [0.25, 0.3) is 0 Å². The highest BCUT2D eigenvalue weighted by molar-refractivity contribution is 9.10. The lowest BCUT2D eigenvalue weighted by Gasteiger charge is -2.02. The van der Waals surface area contributed by atoms with Crippen LogP contribution in [0.3, 0.4) is 0 Å². The maximum Gasteiger partial charge on any atom is 0.343 e. The third kappa shape index (κ3) is 3.37. The van der Waals surface area contributed by atoms with E-state index in [0.29, 0.717) is 16.6 Å². The van der Waals surface area contributed by atoms with Crippen molar-refractivity contribution in [3.63, 3.8) is 0 Å². The van der Waals surface area contributed by atoms with Crippen LogP contribution < -0.4 is 5.69 Å². The summed E-state index contributed by atoms with van der Waals surface area (Å²) in [6.07, 6.45) is 0.845. The first kappa shape index (κ1) is 14.5. The third-order valence-corrected chi connectivity index (χ3v) is 5.23. The highest BCUT2D eigenvalue weighted by Crippen LogP contribution is 2.25. The molecule has 0 unspecified atom stereocenters. The Labute approximate surface area is 126 Å². The fourth-order valence-corrected chi connectivity index (χ4v) is 3.99. The molecule has 2 heterocycles. The van der Waals surface area contributed by atoms with Gasteiger partial charge in [0.1, 0.15) is 0 Å². The SMILES string of the molecule is CCCn1c(SCC(=O)c2sccc2Br)n[nH]c1=O. The van der Waals surface area contributed by atoms with Crippen LogP contribution in [0.1, 0.15) is 23.0 Å². The van der Waals surface area contributed by atoms with Gasteiger partial charge in [0.2, 0.25) is 0 Å². The smallest absolute Gasteiger partial charge is 0.292 e. The van der Waals surface area contributed by atoms with E-state index in [1.807, 2.05) is 18.4 Å². The predicted molar refractivity (Wildman–Crippen MR) is 80.2 cm³/mol. The lowest BCUT2D eigenvalue weighted by molar-refractivity contribution is 0.102. The number of Topliss-reactive ketones (excluding diaryl/α,β-unsaturated/α-hetero) is 1. The highest BCUT2D eigenvalue weighted by Gasteiger charge is 2.15. The van der Waals surface area contributed by atoms with Gasteiger partial charge in [0.15, 0.2) is 10.9 Å². The van der Waals surface area contributed by atoms with Crippen LogP contribution in [0.5, 0.6) is 0 Å². The van der Waals surface area contributed by atoms with Crippen molar-refractivity contribution < 1.29 is 4.79 Å². The minimum atomic E-state index is -0.228. The number of aromatic nitrogens is 3. The summed E-state index contributed by atoms with van der Waals surface area (Å²) in [5.41, 5.74) is -0.228. The fraction of sp³-hybridized carbons (Fsp3) is 0.364. The first-order chi connectivity index (χ1) is 9.13. The van der Waals surface area contributed by atoms with Crippen LogP contribution in [0.15, 0.2) is 25.9 Å². The summed E-state index contributed by atoms with van der Waals surface area (Å²) in [6.45, 7) is 2.59. The van der Waals surface area contributed by atoms with Crippen LogP contribution in [0.2, 0.25) is 0 Å². The standard InChI is InChI=1S/C11H12BrN3O2S2/c1-2-4-15-10(17)13-14-11(15)19-6-8(16)9-7(12)3-5-18-9/h3,5H,2,4,6H2,1H3,(H,13,17). The first-order valence-electron chi connectivity index (χ1n) is 5.67. The minimum Gasteiger partial charge on any atom is -0.292 e. The molecule has 0 aliphatic heterocycles. The summed E-state index contributed by atoms with van der Waals surface area (Å²) >= 11 is 6.03. The molecule has 1 N–H and O–H groups in total. The van der Waals surface area contributed by atoms with Crippen molar-refractivity contribution in [2.24, 2.45) is 0 Å². The Bertz CT molecular complexity index is 632. The summed E-state index contributed by atoms with van der Waals surface area (Å²) in [5, 5.41) is 8.78. The number of rotatable bonds is 6. The Morgan fingerprint density at radius 2 is 2.42 bits per heavy atom. The van der Waals surface area contributed by atoms with Crippen molar-refractivity contribution in [3.8, 4) is 0 Å². The molecule has 8 heteroatoms. The van der Waals surface area contributed by atoms with Crippen LogP contribution in [-0.2, 0) is 6.54 Å². The molecular formula is C11H12BrN3O2S2. The summed E-state index contributed by atoms with van der Waals surface area (Å²) in [6, 6.07) is 1.85. The summed E-state index contributed by atoms with van der Waals surface area (Å²) in [7, 11) is 0. The van der Waals surface area contributed by atoms with Gasteiger partial charge in [0.05, 0.1) is 10.6 Å². The molecule has 0 aliphatic rings. The maximum absolute atomic E-state index is 12.0. The van der Waals surface area contributed by atoms with E-state index in [0.717, 1.165) is 10.9 Å². The molecule has 0 aliphatic carbocycles. The molecule has 19 heavy (non-hydrogen) atoms. The Hall–Kier alpha value is -0.860. The Kier molecular flexibility index (Phi) is 5.00. The zero-order valence-corrected chi connectivity index (χ0v) is 13.4. The third-order valence-electron chi connectivity index (χ3n) is 2.37. The zero-order chi connectivity index (χ0) is 13.8. The van der Waals surface area contributed by atoms with Gasteiger partial charge in [-0.3, -0.25) is 9.36 Å². The predicted octanol–water partition coefficient (Wildman–Crippen LogP) is 2.78. The lowest BCUT2D eigenvalue weighted by atomic mass is 10.3. The molecule has 2 rings (SSSR count). The second kappa shape index (κ2) is 6.53. The molecule has 2 aromatic rings. The largest absolute Gasteiger partial charge is 0.343 e. The number of thioether (sulfide) groups is 1. The number of carbonyl (C=O) groups is 1. The normalized spacial score (nSPS) is 10.8. The quantitative estimate of drug-likeness (QED) is 0.634. The van der Waals surface area contributed by atoms with Crippen molar-refractivity contribution in [3.05, 3.63) is 31.3 Å². The van der Waals surface area contributed by atoms with Crippen LogP contribution in [0, 0.1) is 0 Å². The van der Waals surface area contributed by atoms with E-state index in [-0.39, 0.29) is 17.2 Å². The second-order valence-electron chi connectivity index (χ2n) is 3.77. The summed E-state index contributed by atoms with van der Waals surface area (Å²) < 4.78 is 2.37. The van der Waals surface area contributed by atoms with Gasteiger partial charge in [-0.05, 0) is 33.8 Å². The summed E-state index contributed by atoms with van der Waals surface area (Å²) in [4.78, 5) is 24.2. The minimum absolute atomic E-state index is 0.0328. The second-order valence-corrected chi connectivity index (χ2v) is 6.49. The molecule has 0 radical (unpaired) electrons. The molecular weight excluding hydrogens is 350 g/mol. The Morgan fingerprint density at radius 1 is 1.63 bits per heavy atom. The number of thiophene rings is 1. The van der Waals surface area contributed by atoms with E-state index in [1.165, 1.54) is 23.1 Å². The van der Waals surface area contributed by atoms with Crippen LogP contribution in [0.4, 0.5) is 0 Å². The number of nitrogens with one attached hydrogen (secondary N) is 1. The summed E-state index contributed by atoms with van der Waals surface area (Å²) in [5.74, 6) is 0.304. The molecule has 5 nitrogen and oxygen atoms in total. The van der Waals surface area contributed by atoms with E-state index >= 15 is 0 Å². The van der Waals surface area contributed by atoms with Gasteiger partial charge in [-0.15, -0.1) is 16.4 Å². The van der Waals surface area contributed by atoms with Gasteiger partial charge >= 0.3 is 5.69 Å². The molecule has 2 aromatic heterocycles. The van der Waals surface area contributed by atoms with Crippen LogP contribution in [0.25, 0.3) is 0 Å². The average molecular weight is 362 g/mol. The van der Waals surface area contributed by atoms with E-state index in [1.54, 1.807) is 4.57 Å². The van der Waals surface area contributed by atoms with Crippen molar-refractivity contribution in [1.29, 1.82) is 0 Å². The monoisotopic (exact) mass is 361 g/mol. The Balaban J connectivity index is 2.05. The molecule has 0 fully saturated rings. The first-order valence-corrected chi connectivity index (χ1v) is 8.33. The molecule has 0 amide bonds. The molecule has 0 atom stereocenters. The number of nitrogens with zero attached hydrogens (tertiary/aromatic N) is 2. The van der Waals surface area contributed by atoms with Gasteiger partial charge in [-0.2, -0.15) is 0 Å². The molecule has 0 aromatic carbocycles. The number of hydrogen-bond acceptors (Lipinski definition) is 5. The number of ketones is 1. The van der Waals surface area contributed by atoms with Crippen LogP contribution in [-0.4, -0.2) is 26.3 Å². The highest BCUT2D eigenvalue weighted by atomic mass is 79.9. The molecule has 0 saturated carbocycles. The number of hydrogen-bond donors (Lipinski definition) is 1. The van der Waals surface area contributed by atoms with Crippen molar-refractivity contribution in [1.82, 2.24) is 14.8 Å². The zero-order valence-electron chi connectivity index (χ0n) is 10.2. The number of halogens is 1. The van der Waals surface area contributed by atoms with E-state index < -0.39 is 0 Å². The van der Waals surface area contributed by atoms with Crippen molar-refractivity contribution in [2.45, 2.75) is 25.0 Å². The molecule has 0 spiro atoms. The van der Waals surface area contributed by atoms with E-state index in [2.05, 4.69) is 26.1 Å². The van der Waals surface area contributed by atoms with Crippen molar-refractivity contribution in [2.75, 3.05) is 5.75 Å². The van der Waals surface area contributed by atoms with Gasteiger partial charge in [0, 0.05) is 11.0 Å². The average Bonchev–Trinajstić information content (AvgIpc) is 2.95. The van der Waals surface area contributed by atoms with Crippen molar-refractivity contribution >= 4 is 44.8 Å². The van der Waals surface area contributed by atoms with Gasteiger partial charge in [-0.25, -0.2) is 9.89 Å². The molecule has 0 bridgehead atoms.